The molecule has 2 aliphatic heterocycles. The Labute approximate surface area is 169 Å². The van der Waals surface area contributed by atoms with E-state index < -0.39 is 6.17 Å². The number of methoxy groups -OCH3 is 1. The quantitative estimate of drug-likeness (QED) is 0.410. The normalized spacial score (nSPS) is 19.9. The van der Waals surface area contributed by atoms with Gasteiger partial charge in [-0.05, 0) is 13.5 Å². The number of ether oxygens (including phenoxy) is 1. The number of nitrogens with zero attached hydrogens (tertiary/aromatic N) is 5. The van der Waals surface area contributed by atoms with Crippen LogP contribution in [-0.2, 0) is 9.53 Å². The van der Waals surface area contributed by atoms with Crippen LogP contribution in [0.2, 0.25) is 5.15 Å². The fraction of sp³-hybridized carbons (Fsp3) is 0.706. The van der Waals surface area contributed by atoms with Crippen molar-refractivity contribution in [2.75, 3.05) is 69.5 Å². The Balaban J connectivity index is 1.84. The fourth-order valence-corrected chi connectivity index (χ4v) is 4.11. The van der Waals surface area contributed by atoms with Crippen LogP contribution in [-0.4, -0.2) is 91.1 Å². The van der Waals surface area contributed by atoms with Crippen LogP contribution in [0.4, 0.5) is 11.5 Å². The largest absolute Gasteiger partial charge is 0.383 e. The van der Waals surface area contributed by atoms with Gasteiger partial charge >= 0.3 is 0 Å². The summed E-state index contributed by atoms with van der Waals surface area (Å²) < 4.78 is 5.25. The highest BCUT2D eigenvalue weighted by Crippen LogP contribution is 2.39. The number of hydrogen-bond acceptors (Lipinski definition) is 8. The second-order valence-corrected chi connectivity index (χ2v) is 8.13. The lowest BCUT2D eigenvalue weighted by molar-refractivity contribution is -0.133. The van der Waals surface area contributed by atoms with Crippen molar-refractivity contribution < 1.29 is 9.53 Å². The van der Waals surface area contributed by atoms with Crippen molar-refractivity contribution in [2.24, 2.45) is 0 Å². The van der Waals surface area contributed by atoms with Crippen LogP contribution in [0.15, 0.2) is 5.16 Å². The molecule has 27 heavy (non-hydrogen) atoms. The van der Waals surface area contributed by atoms with Crippen LogP contribution in [0.3, 0.4) is 0 Å². The lowest BCUT2D eigenvalue weighted by atomic mass is 10.3. The lowest BCUT2D eigenvalue weighted by Crippen LogP contribution is -2.55. The highest BCUT2D eigenvalue weighted by atomic mass is 35.5. The van der Waals surface area contributed by atoms with Gasteiger partial charge in [0.1, 0.15) is 5.69 Å². The third kappa shape index (κ3) is 4.59. The summed E-state index contributed by atoms with van der Waals surface area (Å²) in [5, 5.41) is 4.25. The van der Waals surface area contributed by atoms with E-state index in [9.17, 15) is 4.79 Å². The van der Waals surface area contributed by atoms with Gasteiger partial charge in [0.25, 0.3) is 5.91 Å². The first-order chi connectivity index (χ1) is 13.0. The van der Waals surface area contributed by atoms with Crippen molar-refractivity contribution in [1.29, 1.82) is 0 Å². The van der Waals surface area contributed by atoms with Crippen molar-refractivity contribution in [1.82, 2.24) is 19.8 Å². The second kappa shape index (κ2) is 9.27. The van der Waals surface area contributed by atoms with Crippen LogP contribution in [0, 0.1) is 0 Å². The highest BCUT2D eigenvalue weighted by Gasteiger charge is 2.39. The van der Waals surface area contributed by atoms with Crippen molar-refractivity contribution >= 4 is 40.8 Å². The molecule has 0 saturated carbocycles. The molecule has 2 aliphatic rings. The van der Waals surface area contributed by atoms with Gasteiger partial charge < -0.3 is 24.8 Å². The smallest absolute Gasteiger partial charge is 0.266 e. The summed E-state index contributed by atoms with van der Waals surface area (Å²) in [7, 11) is 3.72. The predicted molar refractivity (Wildman–Crippen MR) is 109 cm³/mol. The minimum atomic E-state index is -0.531. The van der Waals surface area contributed by atoms with E-state index in [1.54, 1.807) is 18.9 Å². The number of hydrogen-bond donors (Lipinski definition) is 1. The average molecular weight is 415 g/mol. The molecule has 1 atom stereocenters. The number of thioether (sulfide) groups is 1. The van der Waals surface area contributed by atoms with Gasteiger partial charge in [-0.1, -0.05) is 30.3 Å². The van der Waals surface area contributed by atoms with Gasteiger partial charge in [0.05, 0.1) is 6.61 Å². The number of fused-ring (bicyclic) bond motifs is 1. The second-order valence-electron chi connectivity index (χ2n) is 6.71. The fourth-order valence-electron chi connectivity index (χ4n) is 3.15. The zero-order chi connectivity index (χ0) is 19.4. The van der Waals surface area contributed by atoms with Gasteiger partial charge in [-0.3, -0.25) is 4.79 Å². The van der Waals surface area contributed by atoms with Crippen LogP contribution < -0.4 is 10.2 Å². The van der Waals surface area contributed by atoms with E-state index in [1.165, 1.54) is 0 Å². The van der Waals surface area contributed by atoms with Crippen LogP contribution in [0.1, 0.15) is 13.3 Å². The van der Waals surface area contributed by atoms with E-state index in [1.807, 2.05) is 9.80 Å². The molecule has 0 spiro atoms. The summed E-state index contributed by atoms with van der Waals surface area (Å²) in [4.78, 5) is 28.3. The Hall–Kier alpha value is -1.29. The molecule has 0 bridgehead atoms. The van der Waals surface area contributed by atoms with E-state index >= 15 is 0 Å². The van der Waals surface area contributed by atoms with E-state index in [-0.39, 0.29) is 5.91 Å². The van der Waals surface area contributed by atoms with Crippen LogP contribution in [0.5, 0.6) is 0 Å². The van der Waals surface area contributed by atoms with Crippen LogP contribution >= 0.6 is 23.4 Å². The zero-order valence-corrected chi connectivity index (χ0v) is 17.6. The highest BCUT2D eigenvalue weighted by molar-refractivity contribution is 7.99. The Morgan fingerprint density at radius 1 is 1.33 bits per heavy atom. The number of halogens is 1. The Morgan fingerprint density at radius 3 is 2.74 bits per heavy atom. The maximum absolute atomic E-state index is 13.2. The zero-order valence-electron chi connectivity index (χ0n) is 16.1. The van der Waals surface area contributed by atoms with Gasteiger partial charge in [-0.25, -0.2) is 9.97 Å². The summed E-state index contributed by atoms with van der Waals surface area (Å²) in [5.74, 6) is 1.64. The van der Waals surface area contributed by atoms with Crippen molar-refractivity contribution in [3.05, 3.63) is 5.15 Å². The van der Waals surface area contributed by atoms with Crippen molar-refractivity contribution in [3.8, 4) is 0 Å². The summed E-state index contributed by atoms with van der Waals surface area (Å²) in [6.07, 6.45) is 0.496. The summed E-state index contributed by atoms with van der Waals surface area (Å²) in [6, 6.07) is 0. The van der Waals surface area contributed by atoms with E-state index in [0.717, 1.165) is 38.4 Å². The molecular formula is C17H27ClN6O2S. The molecule has 1 N–H and O–H groups in total. The molecule has 3 rings (SSSR count). The number of carbonyl (C=O) groups is 1. The molecule has 10 heteroatoms. The number of likely N-dealkylation sites (N-methyl/N-ethyl adjacent to an activating group) is 1. The Bertz CT molecular complexity index is 671. The molecule has 1 fully saturated rings. The summed E-state index contributed by atoms with van der Waals surface area (Å²) in [6.45, 7) is 6.35. The number of amides is 1. The molecule has 8 nitrogen and oxygen atoms in total. The number of aromatic nitrogens is 2. The molecule has 1 aromatic heterocycles. The van der Waals surface area contributed by atoms with Crippen molar-refractivity contribution in [2.45, 2.75) is 24.7 Å². The first-order valence-electron chi connectivity index (χ1n) is 9.25. The molecule has 0 aliphatic carbocycles. The molecule has 1 unspecified atom stereocenters. The minimum Gasteiger partial charge on any atom is -0.383 e. The Kier molecular flexibility index (Phi) is 7.02. The standard InChI is InChI=1S/C17H27ClN6O2S/c1-4-11-27-17-20-13(18)12-14(21-17)24(9-10-26-3)15(19-12)16(25)23-7-5-22(2)6-8-23/h15,19H,4-11H2,1-3H3. The molecule has 1 saturated heterocycles. The SMILES string of the molecule is CCCSc1nc(Cl)c2c(n1)N(CCOC)C(C(=O)N1CCN(C)CC1)N2. The molecule has 3 heterocycles. The van der Waals surface area contributed by atoms with Gasteiger partial charge in [-0.2, -0.15) is 0 Å². The number of nitrogens with one attached hydrogen (secondary N) is 1. The first kappa shape index (κ1) is 20.4. The van der Waals surface area contributed by atoms with Crippen molar-refractivity contribution in [3.63, 3.8) is 0 Å². The van der Waals surface area contributed by atoms with Gasteiger partial charge in [0.15, 0.2) is 22.3 Å². The maximum Gasteiger partial charge on any atom is 0.266 e. The third-order valence-corrected chi connectivity index (χ3v) is 6.04. The molecule has 0 radical (unpaired) electrons. The van der Waals surface area contributed by atoms with Gasteiger partial charge in [0.2, 0.25) is 0 Å². The van der Waals surface area contributed by atoms with E-state index in [2.05, 4.69) is 34.2 Å². The minimum absolute atomic E-state index is 0.0380. The number of carbonyl (C=O) groups excluding carboxylic acids is 1. The average Bonchev–Trinajstić information content (AvgIpc) is 3.03. The molecule has 1 aromatic rings. The molecular weight excluding hydrogens is 388 g/mol. The monoisotopic (exact) mass is 414 g/mol. The topological polar surface area (TPSA) is 73.8 Å². The number of anilines is 2. The lowest BCUT2D eigenvalue weighted by Gasteiger charge is -2.36. The third-order valence-electron chi connectivity index (χ3n) is 4.71. The predicted octanol–water partition coefficient (Wildman–Crippen LogP) is 1.61. The number of piperazine rings is 1. The first-order valence-corrected chi connectivity index (χ1v) is 10.6. The van der Waals surface area contributed by atoms with Crippen LogP contribution in [0.25, 0.3) is 0 Å². The number of rotatable bonds is 7. The molecule has 1 amide bonds. The van der Waals surface area contributed by atoms with Gasteiger partial charge in [0, 0.05) is 45.6 Å². The maximum atomic E-state index is 13.2. The van der Waals surface area contributed by atoms with E-state index in [4.69, 9.17) is 16.3 Å². The van der Waals surface area contributed by atoms with E-state index in [0.29, 0.717) is 35.0 Å². The molecule has 0 aromatic carbocycles. The Morgan fingerprint density at radius 2 is 2.07 bits per heavy atom. The summed E-state index contributed by atoms with van der Waals surface area (Å²) >= 11 is 7.98. The van der Waals surface area contributed by atoms with Gasteiger partial charge in [-0.15, -0.1) is 0 Å². The summed E-state index contributed by atoms with van der Waals surface area (Å²) in [5.41, 5.74) is 0.626. The molecule has 150 valence electrons.